The fourth-order valence-electron chi connectivity index (χ4n) is 4.35. The summed E-state index contributed by atoms with van der Waals surface area (Å²) in [5, 5.41) is 3.71. The first-order valence-electron chi connectivity index (χ1n) is 9.94. The van der Waals surface area contributed by atoms with E-state index in [2.05, 4.69) is 22.3 Å². The zero-order valence-electron chi connectivity index (χ0n) is 15.1. The van der Waals surface area contributed by atoms with E-state index in [0.29, 0.717) is 25.2 Å². The zero-order valence-corrected chi connectivity index (χ0v) is 15.1. The van der Waals surface area contributed by atoms with E-state index in [9.17, 15) is 4.79 Å². The summed E-state index contributed by atoms with van der Waals surface area (Å²) in [7, 11) is 0. The summed E-state index contributed by atoms with van der Waals surface area (Å²) < 4.78 is 5.58. The number of benzene rings is 1. The molecule has 1 aromatic rings. The number of carbonyl (C=O) groups excluding carboxylic acids is 1. The van der Waals surface area contributed by atoms with Crippen molar-refractivity contribution < 1.29 is 9.53 Å². The molecule has 1 saturated carbocycles. The van der Waals surface area contributed by atoms with Gasteiger partial charge < -0.3 is 15.0 Å². The van der Waals surface area contributed by atoms with E-state index in [4.69, 9.17) is 4.74 Å². The summed E-state index contributed by atoms with van der Waals surface area (Å²) in [6.07, 6.45) is 6.56. The number of nitrogens with one attached hydrogen (secondary N) is 1. The van der Waals surface area contributed by atoms with Gasteiger partial charge in [-0.2, -0.15) is 0 Å². The SMILES string of the molecule is O=C(N1CCC(NCC2CC2)CC1)C1(c2ccccc2)CCOCC1. The second-order valence-corrected chi connectivity index (χ2v) is 7.98. The first-order valence-corrected chi connectivity index (χ1v) is 9.94. The van der Waals surface area contributed by atoms with E-state index < -0.39 is 0 Å². The lowest BCUT2D eigenvalue weighted by Crippen LogP contribution is -2.53. The number of nitrogens with zero attached hydrogens (tertiary/aromatic N) is 1. The minimum Gasteiger partial charge on any atom is -0.381 e. The van der Waals surface area contributed by atoms with Crippen LogP contribution >= 0.6 is 0 Å². The molecule has 136 valence electrons. The van der Waals surface area contributed by atoms with Crippen LogP contribution in [0.2, 0.25) is 0 Å². The Labute approximate surface area is 150 Å². The zero-order chi connectivity index (χ0) is 17.1. The standard InChI is InChI=1S/C21H30N2O2/c24-20(23-12-8-19(9-13-23)22-16-17-6-7-17)21(10-14-25-15-11-21)18-4-2-1-3-5-18/h1-5,17,19,22H,6-16H2. The molecule has 0 spiro atoms. The van der Waals surface area contributed by atoms with Crippen LogP contribution in [-0.2, 0) is 14.9 Å². The molecular formula is C21H30N2O2. The maximum absolute atomic E-state index is 13.5. The molecule has 0 unspecified atom stereocenters. The normalized spacial score (nSPS) is 24.2. The van der Waals surface area contributed by atoms with Crippen LogP contribution < -0.4 is 5.32 Å². The molecule has 3 aliphatic rings. The van der Waals surface area contributed by atoms with Gasteiger partial charge >= 0.3 is 0 Å². The third-order valence-electron chi connectivity index (χ3n) is 6.26. The van der Waals surface area contributed by atoms with Crippen molar-refractivity contribution in [1.29, 1.82) is 0 Å². The fourth-order valence-corrected chi connectivity index (χ4v) is 4.35. The quantitative estimate of drug-likeness (QED) is 0.895. The largest absolute Gasteiger partial charge is 0.381 e. The first-order chi connectivity index (χ1) is 12.3. The molecule has 25 heavy (non-hydrogen) atoms. The van der Waals surface area contributed by atoms with Crippen LogP contribution in [0.5, 0.6) is 0 Å². The molecule has 1 aliphatic carbocycles. The van der Waals surface area contributed by atoms with Gasteiger partial charge in [-0.05, 0) is 56.6 Å². The summed E-state index contributed by atoms with van der Waals surface area (Å²) in [5.41, 5.74) is 0.783. The Kier molecular flexibility index (Phi) is 5.09. The van der Waals surface area contributed by atoms with E-state index in [0.717, 1.165) is 50.3 Å². The van der Waals surface area contributed by atoms with Crippen molar-refractivity contribution in [3.63, 3.8) is 0 Å². The highest BCUT2D eigenvalue weighted by molar-refractivity contribution is 5.88. The molecular weight excluding hydrogens is 312 g/mol. The predicted octanol–water partition coefficient (Wildman–Crippen LogP) is 2.73. The molecule has 1 aromatic carbocycles. The van der Waals surface area contributed by atoms with Gasteiger partial charge in [-0.1, -0.05) is 30.3 Å². The van der Waals surface area contributed by atoms with Crippen LogP contribution in [0.4, 0.5) is 0 Å². The molecule has 3 fully saturated rings. The summed E-state index contributed by atoms with van der Waals surface area (Å²) >= 11 is 0. The summed E-state index contributed by atoms with van der Waals surface area (Å²) in [6, 6.07) is 11.0. The Bertz CT molecular complexity index is 571. The number of hydrogen-bond acceptors (Lipinski definition) is 3. The van der Waals surface area contributed by atoms with Crippen molar-refractivity contribution in [1.82, 2.24) is 10.2 Å². The monoisotopic (exact) mass is 342 g/mol. The number of amides is 1. The van der Waals surface area contributed by atoms with Crippen molar-refractivity contribution in [2.75, 3.05) is 32.8 Å². The molecule has 2 heterocycles. The van der Waals surface area contributed by atoms with Gasteiger partial charge in [0.2, 0.25) is 5.91 Å². The molecule has 1 amide bonds. The third kappa shape index (κ3) is 3.75. The van der Waals surface area contributed by atoms with Crippen molar-refractivity contribution in [3.05, 3.63) is 35.9 Å². The van der Waals surface area contributed by atoms with Gasteiger partial charge in [-0.25, -0.2) is 0 Å². The first kappa shape index (κ1) is 17.0. The third-order valence-corrected chi connectivity index (χ3v) is 6.26. The van der Waals surface area contributed by atoms with Crippen molar-refractivity contribution in [3.8, 4) is 0 Å². The second-order valence-electron chi connectivity index (χ2n) is 7.98. The molecule has 2 saturated heterocycles. The van der Waals surface area contributed by atoms with Crippen LogP contribution in [0.3, 0.4) is 0 Å². The summed E-state index contributed by atoms with van der Waals surface area (Å²) in [4.78, 5) is 15.6. The van der Waals surface area contributed by atoms with Crippen LogP contribution in [-0.4, -0.2) is 49.7 Å². The molecule has 4 rings (SSSR count). The molecule has 0 bridgehead atoms. The number of likely N-dealkylation sites (tertiary alicyclic amines) is 1. The fraction of sp³-hybridized carbons (Fsp3) is 0.667. The maximum Gasteiger partial charge on any atom is 0.233 e. The smallest absolute Gasteiger partial charge is 0.233 e. The van der Waals surface area contributed by atoms with E-state index in [1.807, 2.05) is 18.2 Å². The van der Waals surface area contributed by atoms with Crippen LogP contribution in [0.15, 0.2) is 30.3 Å². The molecule has 4 nitrogen and oxygen atoms in total. The average molecular weight is 342 g/mol. The van der Waals surface area contributed by atoms with Crippen LogP contribution in [0.25, 0.3) is 0 Å². The van der Waals surface area contributed by atoms with Crippen LogP contribution in [0.1, 0.15) is 44.1 Å². The van der Waals surface area contributed by atoms with Crippen LogP contribution in [0, 0.1) is 5.92 Å². The summed E-state index contributed by atoms with van der Waals surface area (Å²) in [5.74, 6) is 1.24. The number of rotatable bonds is 5. The summed E-state index contributed by atoms with van der Waals surface area (Å²) in [6.45, 7) is 4.30. The molecule has 0 atom stereocenters. The molecule has 2 aliphatic heterocycles. The Morgan fingerprint density at radius 1 is 1.08 bits per heavy atom. The number of ether oxygens (including phenoxy) is 1. The number of piperidine rings is 1. The highest BCUT2D eigenvalue weighted by Gasteiger charge is 2.44. The highest BCUT2D eigenvalue weighted by atomic mass is 16.5. The predicted molar refractivity (Wildman–Crippen MR) is 98.5 cm³/mol. The maximum atomic E-state index is 13.5. The second kappa shape index (κ2) is 7.46. The molecule has 4 heteroatoms. The van der Waals surface area contributed by atoms with Gasteiger partial charge in [0, 0.05) is 32.3 Å². The van der Waals surface area contributed by atoms with Gasteiger partial charge in [0.05, 0.1) is 5.41 Å². The van der Waals surface area contributed by atoms with E-state index in [1.54, 1.807) is 0 Å². The van der Waals surface area contributed by atoms with E-state index >= 15 is 0 Å². The molecule has 1 N–H and O–H groups in total. The van der Waals surface area contributed by atoms with Gasteiger partial charge in [0.25, 0.3) is 0 Å². The van der Waals surface area contributed by atoms with Crippen molar-refractivity contribution >= 4 is 5.91 Å². The molecule has 0 radical (unpaired) electrons. The minimum atomic E-state index is -0.381. The topological polar surface area (TPSA) is 41.6 Å². The van der Waals surface area contributed by atoms with Gasteiger partial charge in [-0.15, -0.1) is 0 Å². The lowest BCUT2D eigenvalue weighted by atomic mass is 9.72. The van der Waals surface area contributed by atoms with Gasteiger partial charge in [-0.3, -0.25) is 4.79 Å². The van der Waals surface area contributed by atoms with Crippen molar-refractivity contribution in [2.45, 2.75) is 50.0 Å². The Balaban J connectivity index is 1.42. The van der Waals surface area contributed by atoms with Crippen molar-refractivity contribution in [2.24, 2.45) is 5.92 Å². The lowest BCUT2D eigenvalue weighted by Gasteiger charge is -2.42. The van der Waals surface area contributed by atoms with E-state index in [1.165, 1.54) is 19.4 Å². The minimum absolute atomic E-state index is 0.322. The highest BCUT2D eigenvalue weighted by Crippen LogP contribution is 2.37. The Morgan fingerprint density at radius 2 is 1.76 bits per heavy atom. The Hall–Kier alpha value is -1.39. The Morgan fingerprint density at radius 3 is 2.40 bits per heavy atom. The van der Waals surface area contributed by atoms with Gasteiger partial charge in [0.15, 0.2) is 0 Å². The van der Waals surface area contributed by atoms with Gasteiger partial charge in [0.1, 0.15) is 0 Å². The number of hydrogen-bond donors (Lipinski definition) is 1. The number of carbonyl (C=O) groups is 1. The lowest BCUT2D eigenvalue weighted by molar-refractivity contribution is -0.142. The van der Waals surface area contributed by atoms with E-state index in [-0.39, 0.29) is 5.41 Å². The molecule has 0 aromatic heterocycles. The average Bonchev–Trinajstić information content (AvgIpc) is 3.52.